The van der Waals surface area contributed by atoms with Crippen LogP contribution in [0, 0.1) is 0 Å². The van der Waals surface area contributed by atoms with Crippen LogP contribution in [-0.4, -0.2) is 81.7 Å². The molecule has 3 heterocycles. The largest absolute Gasteiger partial charge is 0.368 e. The van der Waals surface area contributed by atoms with E-state index < -0.39 is 60.2 Å². The van der Waals surface area contributed by atoms with Crippen LogP contribution in [0.4, 0.5) is 0 Å². The summed E-state index contributed by atoms with van der Waals surface area (Å²) < 4.78 is 5.63. The van der Waals surface area contributed by atoms with Gasteiger partial charge in [0.1, 0.15) is 24.2 Å². The third kappa shape index (κ3) is 7.53. The number of benzene rings is 3. The Kier molecular flexibility index (Phi) is 9.65. The van der Waals surface area contributed by atoms with Crippen molar-refractivity contribution in [1.29, 1.82) is 0 Å². The van der Waals surface area contributed by atoms with Crippen LogP contribution in [0.3, 0.4) is 0 Å². The number of para-hydroxylation sites is 1. The van der Waals surface area contributed by atoms with Crippen molar-refractivity contribution in [1.82, 2.24) is 25.8 Å². The zero-order valence-electron chi connectivity index (χ0n) is 26.1. The number of fused-ring (bicyclic) bond motifs is 2. The zero-order valence-corrected chi connectivity index (χ0v) is 26.1. The maximum atomic E-state index is 14.3. The van der Waals surface area contributed by atoms with Gasteiger partial charge in [-0.05, 0) is 29.7 Å². The van der Waals surface area contributed by atoms with Crippen molar-refractivity contribution in [2.75, 3.05) is 6.54 Å². The van der Waals surface area contributed by atoms with Crippen LogP contribution in [0.2, 0.25) is 0 Å². The normalized spacial score (nSPS) is 24.5. The van der Waals surface area contributed by atoms with Crippen molar-refractivity contribution in [2.24, 2.45) is 0 Å². The van der Waals surface area contributed by atoms with Gasteiger partial charge < -0.3 is 35.7 Å². The summed E-state index contributed by atoms with van der Waals surface area (Å²) in [7, 11) is 0. The summed E-state index contributed by atoms with van der Waals surface area (Å²) >= 11 is 0. The van der Waals surface area contributed by atoms with E-state index in [0.29, 0.717) is 0 Å². The molecule has 1 unspecified atom stereocenters. The number of carbonyl (C=O) groups is 4. The molecule has 5 N–H and O–H groups in total. The zero-order chi connectivity index (χ0) is 32.9. The minimum atomic E-state index is -1.11. The molecule has 0 bridgehead atoms. The van der Waals surface area contributed by atoms with E-state index in [1.54, 1.807) is 0 Å². The SMILES string of the molecule is CC(O)O[C@@H]1C[C@@H]2C(=O)N[C@@H](Cc3ccccc3)C(=O)N[C@H](Cc3c[nH]c4ccccc34)C(=O)N[C@@H](Cc3ccccc3)C(=O)N2C1. The molecule has 0 saturated carbocycles. The van der Waals surface area contributed by atoms with E-state index in [4.69, 9.17) is 4.74 Å². The number of hydrogen-bond donors (Lipinski definition) is 5. The highest BCUT2D eigenvalue weighted by Gasteiger charge is 2.44. The first-order valence-corrected chi connectivity index (χ1v) is 15.9. The number of amides is 4. The molecular formula is C36H39N5O6. The second kappa shape index (κ2) is 14.2. The first-order chi connectivity index (χ1) is 22.7. The highest BCUT2D eigenvalue weighted by molar-refractivity contribution is 5.98. The first kappa shape index (κ1) is 32.0. The topological polar surface area (TPSA) is 153 Å². The number of aliphatic hydroxyl groups excluding tert-OH is 1. The molecule has 47 heavy (non-hydrogen) atoms. The Morgan fingerprint density at radius 1 is 0.745 bits per heavy atom. The van der Waals surface area contributed by atoms with Crippen molar-refractivity contribution >= 4 is 34.5 Å². The summed E-state index contributed by atoms with van der Waals surface area (Å²) in [6, 6.07) is 22.1. The average Bonchev–Trinajstić information content (AvgIpc) is 3.68. The van der Waals surface area contributed by atoms with Crippen molar-refractivity contribution in [3.05, 3.63) is 108 Å². The van der Waals surface area contributed by atoms with Crippen molar-refractivity contribution in [3.63, 3.8) is 0 Å². The highest BCUT2D eigenvalue weighted by atomic mass is 16.6. The van der Waals surface area contributed by atoms with Gasteiger partial charge in [-0.1, -0.05) is 78.9 Å². The Morgan fingerprint density at radius 3 is 1.96 bits per heavy atom. The van der Waals surface area contributed by atoms with E-state index in [1.165, 1.54) is 11.8 Å². The maximum Gasteiger partial charge on any atom is 0.246 e. The lowest BCUT2D eigenvalue weighted by atomic mass is 9.99. The van der Waals surface area contributed by atoms with Gasteiger partial charge in [-0.2, -0.15) is 0 Å². The molecule has 0 radical (unpaired) electrons. The van der Waals surface area contributed by atoms with Gasteiger partial charge in [0.15, 0.2) is 6.29 Å². The Labute approximate surface area is 272 Å². The fourth-order valence-electron chi connectivity index (χ4n) is 6.52. The van der Waals surface area contributed by atoms with E-state index in [1.807, 2.05) is 91.1 Å². The second-order valence-electron chi connectivity index (χ2n) is 12.2. The van der Waals surface area contributed by atoms with E-state index >= 15 is 0 Å². The Bertz CT molecular complexity index is 1730. The maximum absolute atomic E-state index is 14.3. The third-order valence-electron chi connectivity index (χ3n) is 8.78. The molecule has 0 spiro atoms. The molecule has 6 atom stereocenters. The lowest BCUT2D eigenvalue weighted by Gasteiger charge is -2.32. The number of rotatable bonds is 8. The van der Waals surface area contributed by atoms with Crippen LogP contribution < -0.4 is 16.0 Å². The number of nitrogens with one attached hydrogen (secondary N) is 4. The molecule has 0 aliphatic carbocycles. The Hall–Kier alpha value is -5.00. The van der Waals surface area contributed by atoms with Gasteiger partial charge in [0.05, 0.1) is 6.10 Å². The lowest BCUT2D eigenvalue weighted by Crippen LogP contribution is -2.62. The van der Waals surface area contributed by atoms with E-state index in [0.717, 1.165) is 27.6 Å². The molecule has 2 saturated heterocycles. The molecule has 11 nitrogen and oxygen atoms in total. The van der Waals surface area contributed by atoms with E-state index in [2.05, 4.69) is 20.9 Å². The monoisotopic (exact) mass is 637 g/mol. The fraction of sp³-hybridized carbons (Fsp3) is 0.333. The molecule has 4 amide bonds. The molecular weight excluding hydrogens is 598 g/mol. The molecule has 2 aliphatic heterocycles. The first-order valence-electron chi connectivity index (χ1n) is 15.9. The van der Waals surface area contributed by atoms with E-state index in [9.17, 15) is 24.3 Å². The van der Waals surface area contributed by atoms with Crippen LogP contribution in [0.25, 0.3) is 10.9 Å². The van der Waals surface area contributed by atoms with Crippen molar-refractivity contribution in [3.8, 4) is 0 Å². The van der Waals surface area contributed by atoms with Crippen LogP contribution in [0.1, 0.15) is 30.0 Å². The summed E-state index contributed by atoms with van der Waals surface area (Å²) in [5.74, 6) is -1.99. The van der Waals surface area contributed by atoms with Crippen molar-refractivity contribution < 1.29 is 29.0 Å². The predicted octanol–water partition coefficient (Wildman–Crippen LogP) is 1.99. The Morgan fingerprint density at radius 2 is 1.30 bits per heavy atom. The van der Waals surface area contributed by atoms with Gasteiger partial charge in [-0.3, -0.25) is 19.2 Å². The van der Waals surface area contributed by atoms with Gasteiger partial charge in [-0.15, -0.1) is 0 Å². The van der Waals surface area contributed by atoms with Gasteiger partial charge in [0.2, 0.25) is 23.6 Å². The number of aliphatic hydroxyl groups is 1. The molecule has 2 aliphatic rings. The molecule has 3 aromatic carbocycles. The molecule has 244 valence electrons. The summed E-state index contributed by atoms with van der Waals surface area (Å²) in [5.41, 5.74) is 3.34. The third-order valence-corrected chi connectivity index (χ3v) is 8.78. The summed E-state index contributed by atoms with van der Waals surface area (Å²) in [6.45, 7) is 1.51. The summed E-state index contributed by atoms with van der Waals surface area (Å²) in [5, 5.41) is 19.6. The smallest absolute Gasteiger partial charge is 0.246 e. The number of hydrogen-bond acceptors (Lipinski definition) is 6. The number of H-pyrrole nitrogens is 1. The molecule has 11 heteroatoms. The number of carbonyl (C=O) groups excluding carboxylic acids is 4. The molecule has 1 aromatic heterocycles. The minimum Gasteiger partial charge on any atom is -0.368 e. The van der Waals surface area contributed by atoms with Gasteiger partial charge in [0.25, 0.3) is 0 Å². The van der Waals surface area contributed by atoms with Crippen LogP contribution in [0.15, 0.2) is 91.1 Å². The summed E-state index contributed by atoms with van der Waals surface area (Å²) in [6.07, 6.45) is 0.695. The number of ether oxygens (including phenoxy) is 1. The van der Waals surface area contributed by atoms with Crippen LogP contribution in [0.5, 0.6) is 0 Å². The number of aromatic amines is 1. The van der Waals surface area contributed by atoms with Gasteiger partial charge in [0, 0.05) is 49.3 Å². The Balaban J connectivity index is 1.38. The predicted molar refractivity (Wildman–Crippen MR) is 175 cm³/mol. The molecule has 4 aromatic rings. The number of nitrogens with zero attached hydrogens (tertiary/aromatic N) is 1. The highest BCUT2D eigenvalue weighted by Crippen LogP contribution is 2.25. The second-order valence-corrected chi connectivity index (χ2v) is 12.2. The van der Waals surface area contributed by atoms with Crippen molar-refractivity contribution in [2.45, 2.75) is 69.2 Å². The lowest BCUT2D eigenvalue weighted by molar-refractivity contribution is -0.144. The van der Waals surface area contributed by atoms with Gasteiger partial charge >= 0.3 is 0 Å². The fourth-order valence-corrected chi connectivity index (χ4v) is 6.52. The van der Waals surface area contributed by atoms with E-state index in [-0.39, 0.29) is 32.2 Å². The number of aromatic nitrogens is 1. The van der Waals surface area contributed by atoms with Gasteiger partial charge in [-0.25, -0.2) is 0 Å². The van der Waals surface area contributed by atoms with Crippen LogP contribution in [-0.2, 0) is 43.2 Å². The molecule has 2 fully saturated rings. The van der Waals surface area contributed by atoms with Crippen LogP contribution >= 0.6 is 0 Å². The summed E-state index contributed by atoms with van der Waals surface area (Å²) in [4.78, 5) is 61.1. The minimum absolute atomic E-state index is 0.0390. The standard InChI is InChI=1S/C36H39N5O6/c1-22(42)47-26-19-32-35(45)39-29(16-23-10-4-2-5-11-23)33(43)38-30(18-25-20-37-28-15-9-8-14-27(25)28)34(44)40-31(36(46)41(32)21-26)17-24-12-6-3-7-13-24/h2-15,20,22,26,29-32,37,42H,16-19,21H2,1H3,(H,38,43)(H,39,45)(H,40,44)/t22?,26-,29+,30-,31+,32-/m1/s1. The molecule has 6 rings (SSSR count). The quantitative estimate of drug-likeness (QED) is 0.186. The average molecular weight is 638 g/mol.